The molecule has 0 radical (unpaired) electrons. The second-order valence-electron chi connectivity index (χ2n) is 31.2. The molecule has 516 valence electrons. The number of hydrogen-bond acceptors (Lipinski definition) is 3. The molecule has 2 aliphatic heterocycles. The number of anilines is 9. The van der Waals surface area contributed by atoms with Crippen LogP contribution < -0.4 is 31.1 Å². The molecule has 0 amide bonds. The van der Waals surface area contributed by atoms with E-state index < -0.39 is 67.1 Å². The minimum atomic E-state index is -0.658. The molecule has 0 aliphatic carbocycles. The zero-order valence-corrected chi connectivity index (χ0v) is 61.3. The molecule has 16 aromatic rings. The molecule has 0 atom stereocenters. The fourth-order valence-corrected chi connectivity index (χ4v) is 15.8. The van der Waals surface area contributed by atoms with E-state index in [4.69, 9.17) is 5.48 Å². The van der Waals surface area contributed by atoms with E-state index in [1.54, 1.807) is 41.3 Å². The number of aromatic nitrogens is 1. The van der Waals surface area contributed by atoms with Gasteiger partial charge in [0, 0.05) is 67.4 Å². The molecule has 18 rings (SSSR count). The molecule has 1 aromatic heterocycles. The van der Waals surface area contributed by atoms with E-state index in [0.717, 1.165) is 89.0 Å². The molecule has 3 heterocycles. The van der Waals surface area contributed by atoms with Gasteiger partial charge in [-0.3, -0.25) is 0 Å². The van der Waals surface area contributed by atoms with Crippen LogP contribution in [0, 0.1) is 0 Å². The van der Waals surface area contributed by atoms with Crippen molar-refractivity contribution in [3.8, 4) is 72.4 Å². The van der Waals surface area contributed by atoms with E-state index in [9.17, 15) is 13.7 Å². The lowest BCUT2D eigenvalue weighted by Gasteiger charge is -2.45. The quantitative estimate of drug-likeness (QED) is 0.113. The molecule has 0 spiro atoms. The topological polar surface area (TPSA) is 14.7 Å². The van der Waals surface area contributed by atoms with Crippen molar-refractivity contribution >= 4 is 96.1 Å². The minimum Gasteiger partial charge on any atom is -0.311 e. The second kappa shape index (κ2) is 26.3. The Balaban J connectivity index is 1.06. The highest BCUT2D eigenvalue weighted by Gasteiger charge is 2.46. The molecule has 5 heteroatoms. The molecule has 15 aromatic carbocycles. The Bertz CT molecular complexity index is 6750. The first-order chi connectivity index (χ1) is 57.8. The number of rotatable bonds is 12. The first kappa shape index (κ1) is 52.5. The summed E-state index contributed by atoms with van der Waals surface area (Å²) in [5.74, 6) is 0. The number of hydrogen-bond donors (Lipinski definition) is 0. The van der Waals surface area contributed by atoms with Crippen LogP contribution in [0.3, 0.4) is 0 Å². The zero-order valence-electron chi connectivity index (χ0n) is 75.3. The molecule has 0 fully saturated rings. The van der Waals surface area contributed by atoms with Crippen molar-refractivity contribution in [1.82, 2.24) is 4.57 Å². The largest absolute Gasteiger partial charge is 0.311 e. The highest BCUT2D eigenvalue weighted by molar-refractivity contribution is 7.00. The molecule has 107 heavy (non-hydrogen) atoms. The van der Waals surface area contributed by atoms with Crippen LogP contribution in [0.25, 0.3) is 94.3 Å². The van der Waals surface area contributed by atoms with Crippen molar-refractivity contribution in [3.63, 3.8) is 0 Å². The van der Waals surface area contributed by atoms with Crippen molar-refractivity contribution in [2.24, 2.45) is 0 Å². The molecular weight excluding hydrogens is 1290 g/mol. The van der Waals surface area contributed by atoms with Gasteiger partial charge in [-0.15, -0.1) is 0 Å². The summed E-state index contributed by atoms with van der Waals surface area (Å²) in [6, 6.07) is 84.5. The summed E-state index contributed by atoms with van der Waals surface area (Å²) in [6.07, 6.45) is 0. The fourth-order valence-electron chi connectivity index (χ4n) is 15.8. The predicted octanol–water partition coefficient (Wildman–Crippen LogP) is 26.2. The van der Waals surface area contributed by atoms with Crippen molar-refractivity contribution < 1.29 is 19.2 Å². The summed E-state index contributed by atoms with van der Waals surface area (Å²) >= 11 is 0. The van der Waals surface area contributed by atoms with Crippen LogP contribution in [-0.2, 0) is 16.2 Å². The van der Waals surface area contributed by atoms with Gasteiger partial charge in [-0.05, 0) is 208 Å². The third-order valence-corrected chi connectivity index (χ3v) is 21.2. The van der Waals surface area contributed by atoms with Crippen LogP contribution >= 0.6 is 0 Å². The Hall–Kier alpha value is -12.4. The van der Waals surface area contributed by atoms with Gasteiger partial charge in [-0.2, -0.15) is 0 Å². The summed E-state index contributed by atoms with van der Waals surface area (Å²) in [5.41, 5.74) is 20.8. The average Bonchev–Trinajstić information content (AvgIpc) is 1.32. The maximum Gasteiger partial charge on any atom is 0.252 e. The fraction of sp³-hybridized carbons (Fsp3) is 0.118. The van der Waals surface area contributed by atoms with E-state index >= 15 is 0 Å². The van der Waals surface area contributed by atoms with Crippen LogP contribution in [-0.4, -0.2) is 11.3 Å². The highest BCUT2D eigenvalue weighted by atomic mass is 15.2. The van der Waals surface area contributed by atoms with Gasteiger partial charge in [-0.25, -0.2) is 0 Å². The van der Waals surface area contributed by atoms with E-state index in [1.165, 1.54) is 11.1 Å². The number of benzene rings is 15. The molecule has 0 saturated carbocycles. The van der Waals surface area contributed by atoms with Crippen LogP contribution in [0.5, 0.6) is 0 Å². The standard InChI is InChI=1S/C102H85BN4/c1-100(2,3)78-56-77(57-79(62-78)101(4,5)6)74-50-53-91-95(61-74)107(99-87(71-39-23-13-24-40-71)63-80(102(7,8)9)64-88(99)72-41-25-14-26-42-72)97-67-85(105-92-48-32-31-47-86(92)89-65-83(51-54-93(89)105)104(81-43-27-15-28-44-81)82-45-29-16-30-46-82)66-96-98(97)103(91)90-52-49-73(68-33-17-10-18-34-68)60-94(90)106(96)84-58-75(69-35-19-11-20-36-69)55-76(59-84)70-37-21-12-22-38-70/h10-67H,1-9H3/i10D,15D,17D,18D,27D,28D,31D,32D,33D,34D,43D,44D,47D,48D. The third kappa shape index (κ3) is 12.0. The summed E-state index contributed by atoms with van der Waals surface area (Å²) in [6.45, 7) is 19.5. The third-order valence-electron chi connectivity index (χ3n) is 21.2. The van der Waals surface area contributed by atoms with Crippen molar-refractivity contribution in [3.05, 3.63) is 368 Å². The smallest absolute Gasteiger partial charge is 0.252 e. The average molecular weight is 1390 g/mol. The van der Waals surface area contributed by atoms with Gasteiger partial charge in [0.05, 0.1) is 41.6 Å². The first-order valence-electron chi connectivity index (χ1n) is 43.6. The Labute approximate surface area is 650 Å². The zero-order chi connectivity index (χ0) is 85.1. The van der Waals surface area contributed by atoms with Crippen molar-refractivity contribution in [1.29, 1.82) is 0 Å². The lowest BCUT2D eigenvalue weighted by molar-refractivity contribution is 0.569. The summed E-state index contributed by atoms with van der Waals surface area (Å²) in [5, 5.41) is 0.518. The first-order valence-corrected chi connectivity index (χ1v) is 36.6. The van der Waals surface area contributed by atoms with E-state index in [0.29, 0.717) is 56.3 Å². The highest BCUT2D eigenvalue weighted by Crippen LogP contribution is 2.54. The van der Waals surface area contributed by atoms with Gasteiger partial charge in [0.1, 0.15) is 0 Å². The van der Waals surface area contributed by atoms with E-state index in [1.807, 2.05) is 77.4 Å². The van der Waals surface area contributed by atoms with Crippen LogP contribution in [0.15, 0.2) is 352 Å². The summed E-state index contributed by atoms with van der Waals surface area (Å²) < 4.78 is 134. The molecule has 2 aliphatic rings. The van der Waals surface area contributed by atoms with Gasteiger partial charge in [0.15, 0.2) is 0 Å². The van der Waals surface area contributed by atoms with E-state index in [-0.39, 0.29) is 62.6 Å². The van der Waals surface area contributed by atoms with Gasteiger partial charge < -0.3 is 19.3 Å². The number of nitrogens with zero attached hydrogens (tertiary/aromatic N) is 4. The Morgan fingerprint density at radius 1 is 0.290 bits per heavy atom. The second-order valence-corrected chi connectivity index (χ2v) is 31.2. The maximum absolute atomic E-state index is 10.5. The Kier molecular flexibility index (Phi) is 12.9. The summed E-state index contributed by atoms with van der Waals surface area (Å²) in [7, 11) is 0. The van der Waals surface area contributed by atoms with Gasteiger partial charge in [0.25, 0.3) is 6.71 Å². The Morgan fingerprint density at radius 2 is 0.748 bits per heavy atom. The maximum atomic E-state index is 10.5. The lowest BCUT2D eigenvalue weighted by atomic mass is 9.33. The summed E-state index contributed by atoms with van der Waals surface area (Å²) in [4.78, 5) is 6.27. The number of para-hydroxylation sites is 3. The van der Waals surface area contributed by atoms with Crippen LogP contribution in [0.4, 0.5) is 51.2 Å². The van der Waals surface area contributed by atoms with Crippen LogP contribution in [0.1, 0.15) is 98.2 Å². The molecule has 0 N–H and O–H groups in total. The lowest BCUT2D eigenvalue weighted by Crippen LogP contribution is -2.61. The van der Waals surface area contributed by atoms with Gasteiger partial charge in [0.2, 0.25) is 0 Å². The normalized spacial score (nSPS) is 14.5. The molecule has 0 bridgehead atoms. The number of fused-ring (bicyclic) bond motifs is 7. The van der Waals surface area contributed by atoms with Crippen molar-refractivity contribution in [2.45, 2.75) is 78.6 Å². The molecule has 0 unspecified atom stereocenters. The predicted molar refractivity (Wildman–Crippen MR) is 458 cm³/mol. The molecule has 4 nitrogen and oxygen atoms in total. The Morgan fingerprint density at radius 3 is 1.29 bits per heavy atom. The monoisotopic (exact) mass is 1390 g/mol. The van der Waals surface area contributed by atoms with Crippen LogP contribution in [0.2, 0.25) is 0 Å². The van der Waals surface area contributed by atoms with Gasteiger partial charge >= 0.3 is 0 Å². The SMILES string of the molecule is [2H]c1c([2H])c([2H])c(-c2ccc3c(c2)N(c2cc(-c4ccccc4)cc(-c4ccccc4)c2)c2cc(-n4c5ccc(N(c6ccccc6)c6c([2H])c([2H])c([2H])c([2H])c6[2H])cc5c5c([2H])c([2H])c([2H])c([2H])c54)cc4c2B3c2ccc(-c3cc(C(C)(C)C)cc(C(C)(C)C)c3)cc2N4c2c(-c3ccccc3)cc(C(C)(C)C)cc2-c2ccccc2)c([2H])c1[2H]. The molecular formula is C102H85BN4. The van der Waals surface area contributed by atoms with Gasteiger partial charge in [-0.1, -0.05) is 311 Å². The molecule has 0 saturated heterocycles. The van der Waals surface area contributed by atoms with E-state index in [2.05, 4.69) is 230 Å². The minimum absolute atomic E-state index is 0.0146. The van der Waals surface area contributed by atoms with Crippen molar-refractivity contribution in [2.75, 3.05) is 14.7 Å².